The van der Waals surface area contributed by atoms with Crippen molar-refractivity contribution in [3.8, 4) is 6.07 Å². The molecule has 0 fully saturated rings. The zero-order valence-electron chi connectivity index (χ0n) is 9.85. The van der Waals surface area contributed by atoms with Crippen LogP contribution in [0.15, 0.2) is 16.6 Å². The molecular formula is C12H11BBrN2O2. The highest BCUT2D eigenvalue weighted by Crippen LogP contribution is 2.43. The van der Waals surface area contributed by atoms with E-state index in [0.717, 1.165) is 10.0 Å². The molecule has 1 heterocycles. The fraction of sp³-hybridized carbons (Fsp3) is 0.333. The van der Waals surface area contributed by atoms with Crippen molar-refractivity contribution in [1.29, 1.82) is 5.26 Å². The Bertz CT molecular complexity index is 544. The number of nitrogens with zero attached hydrogens (tertiary/aromatic N) is 2. The minimum atomic E-state index is -0.468. The molecule has 2 rings (SSSR count). The summed E-state index contributed by atoms with van der Waals surface area (Å²) in [5.74, 6) is 0. The van der Waals surface area contributed by atoms with Crippen molar-refractivity contribution < 1.29 is 9.90 Å². The van der Waals surface area contributed by atoms with Gasteiger partial charge in [-0.15, -0.1) is 0 Å². The number of aliphatic hydroxyl groups excluding tert-OH is 1. The smallest absolute Gasteiger partial charge is 0.329 e. The number of hydrogen-bond acceptors (Lipinski definition) is 4. The van der Waals surface area contributed by atoms with Gasteiger partial charge >= 0.3 is 7.41 Å². The van der Waals surface area contributed by atoms with Gasteiger partial charge in [-0.05, 0) is 17.7 Å². The first-order valence-electron chi connectivity index (χ1n) is 5.46. The normalized spacial score (nSPS) is 21.3. The van der Waals surface area contributed by atoms with Crippen LogP contribution in [-0.4, -0.2) is 31.9 Å². The van der Waals surface area contributed by atoms with Crippen molar-refractivity contribution in [3.05, 3.63) is 27.7 Å². The molecule has 0 aromatic heterocycles. The predicted octanol–water partition coefficient (Wildman–Crippen LogP) is 1.20. The van der Waals surface area contributed by atoms with E-state index in [4.69, 9.17) is 0 Å². The number of carbonyl (C=O) groups excluding carboxylic acids is 1. The van der Waals surface area contributed by atoms with Gasteiger partial charge in [-0.3, -0.25) is 0 Å². The van der Waals surface area contributed by atoms with Crippen molar-refractivity contribution in [2.24, 2.45) is 0 Å². The first-order valence-corrected chi connectivity index (χ1v) is 6.25. The van der Waals surface area contributed by atoms with E-state index in [1.165, 1.54) is 7.41 Å². The Morgan fingerprint density at radius 2 is 2.44 bits per heavy atom. The maximum atomic E-state index is 10.7. The summed E-state index contributed by atoms with van der Waals surface area (Å²) in [6.45, 7) is 2.37. The van der Waals surface area contributed by atoms with Crippen LogP contribution in [0.25, 0.3) is 0 Å². The number of rotatable bonds is 3. The maximum absolute atomic E-state index is 10.7. The fourth-order valence-electron chi connectivity index (χ4n) is 2.33. The molecule has 1 unspecified atom stereocenters. The van der Waals surface area contributed by atoms with Gasteiger partial charge in [0, 0.05) is 22.1 Å². The second-order valence-electron chi connectivity index (χ2n) is 4.59. The Kier molecular flexibility index (Phi) is 3.46. The summed E-state index contributed by atoms with van der Waals surface area (Å²) >= 11 is 3.37. The number of carbonyl (C=O) groups is 1. The van der Waals surface area contributed by atoms with Crippen molar-refractivity contribution >= 4 is 35.2 Å². The van der Waals surface area contributed by atoms with E-state index in [9.17, 15) is 15.2 Å². The molecule has 1 atom stereocenters. The minimum Gasteiger partial charge on any atom is -0.410 e. The van der Waals surface area contributed by atoms with Crippen LogP contribution in [0.5, 0.6) is 0 Å². The number of hydrogen-bond donors (Lipinski definition) is 1. The molecule has 18 heavy (non-hydrogen) atoms. The lowest BCUT2D eigenvalue weighted by molar-refractivity contribution is 0.217. The lowest BCUT2D eigenvalue weighted by Gasteiger charge is -2.22. The van der Waals surface area contributed by atoms with Gasteiger partial charge in [-0.2, -0.15) is 5.26 Å². The highest BCUT2D eigenvalue weighted by Gasteiger charge is 2.40. The van der Waals surface area contributed by atoms with Gasteiger partial charge in [0.05, 0.1) is 12.2 Å². The molecule has 4 nitrogen and oxygen atoms in total. The lowest BCUT2D eigenvalue weighted by Crippen LogP contribution is -2.36. The largest absolute Gasteiger partial charge is 0.410 e. The Morgan fingerprint density at radius 3 is 3.00 bits per heavy atom. The summed E-state index contributed by atoms with van der Waals surface area (Å²) in [5, 5.41) is 18.8. The summed E-state index contributed by atoms with van der Waals surface area (Å²) < 4.78 is 0.797. The molecule has 1 aliphatic heterocycles. The Hall–Kier alpha value is -1.32. The monoisotopic (exact) mass is 305 g/mol. The van der Waals surface area contributed by atoms with Crippen molar-refractivity contribution in [2.75, 3.05) is 18.0 Å². The first kappa shape index (κ1) is 13.1. The summed E-state index contributed by atoms with van der Waals surface area (Å²) in [7, 11) is 1.40. The molecule has 0 saturated carbocycles. The van der Waals surface area contributed by atoms with Gasteiger partial charge in [-0.25, -0.2) is 0 Å². The van der Waals surface area contributed by atoms with Crippen LogP contribution in [0.3, 0.4) is 0 Å². The van der Waals surface area contributed by atoms with Crippen LogP contribution in [0, 0.1) is 11.3 Å². The molecule has 91 valence electrons. The molecule has 0 bridgehead atoms. The lowest BCUT2D eigenvalue weighted by atomic mass is 9.85. The molecular weight excluding hydrogens is 295 g/mol. The molecule has 1 aromatic rings. The van der Waals surface area contributed by atoms with Crippen LogP contribution in [0.1, 0.15) is 18.1 Å². The van der Waals surface area contributed by atoms with E-state index in [1.54, 1.807) is 10.9 Å². The molecule has 1 radical (unpaired) electrons. The van der Waals surface area contributed by atoms with Crippen LogP contribution in [0.2, 0.25) is 0 Å². The van der Waals surface area contributed by atoms with Gasteiger partial charge < -0.3 is 14.7 Å². The molecule has 0 amide bonds. The second-order valence-corrected chi connectivity index (χ2v) is 5.51. The average Bonchev–Trinajstić information content (AvgIpc) is 2.63. The van der Waals surface area contributed by atoms with Gasteiger partial charge in [0.1, 0.15) is 12.3 Å². The van der Waals surface area contributed by atoms with Crippen LogP contribution in [-0.2, 0) is 10.2 Å². The van der Waals surface area contributed by atoms with Crippen LogP contribution in [0.4, 0.5) is 5.69 Å². The van der Waals surface area contributed by atoms with E-state index >= 15 is 0 Å². The average molecular weight is 306 g/mol. The van der Waals surface area contributed by atoms with Gasteiger partial charge in [-0.1, -0.05) is 22.9 Å². The van der Waals surface area contributed by atoms with E-state index < -0.39 is 5.41 Å². The van der Waals surface area contributed by atoms with E-state index in [0.29, 0.717) is 24.0 Å². The first-order chi connectivity index (χ1) is 8.55. The topological polar surface area (TPSA) is 64.3 Å². The number of nitriles is 1. The van der Waals surface area contributed by atoms with Crippen LogP contribution >= 0.6 is 15.9 Å². The van der Waals surface area contributed by atoms with Gasteiger partial charge in [0.25, 0.3) is 0 Å². The summed E-state index contributed by atoms with van der Waals surface area (Å²) in [6.07, 6.45) is 0.691. The maximum Gasteiger partial charge on any atom is 0.329 e. The number of fused-ring (bicyclic) bond motifs is 1. The minimum absolute atomic E-state index is 0.0372. The number of benzene rings is 1. The molecule has 0 spiro atoms. The molecule has 6 heteroatoms. The molecule has 0 aliphatic carbocycles. The van der Waals surface area contributed by atoms with E-state index in [1.807, 2.05) is 13.0 Å². The Labute approximate surface area is 115 Å². The molecule has 1 aromatic carbocycles. The number of anilines is 1. The van der Waals surface area contributed by atoms with E-state index in [2.05, 4.69) is 22.0 Å². The highest BCUT2D eigenvalue weighted by atomic mass is 79.9. The summed E-state index contributed by atoms with van der Waals surface area (Å²) in [5.41, 5.74) is 1.62. The predicted molar refractivity (Wildman–Crippen MR) is 73.1 cm³/mol. The number of aliphatic hydroxyl groups is 1. The van der Waals surface area contributed by atoms with Crippen molar-refractivity contribution in [2.45, 2.75) is 12.3 Å². The molecule has 0 saturated heterocycles. The Balaban J connectivity index is 2.65. The standard InChI is InChI=1S/C12H11BBrN2O2/c1-12(6-17)5-16(13-7-18)11-8(4-15)2-9(14)3-10(11)12/h2-3,7,17H,5-6H2,1H3. The van der Waals surface area contributed by atoms with Crippen molar-refractivity contribution in [1.82, 2.24) is 0 Å². The van der Waals surface area contributed by atoms with Gasteiger partial charge in [0.2, 0.25) is 0 Å². The quantitative estimate of drug-likeness (QED) is 0.673. The number of halogens is 1. The van der Waals surface area contributed by atoms with E-state index in [-0.39, 0.29) is 6.61 Å². The van der Waals surface area contributed by atoms with Gasteiger partial charge in [0.15, 0.2) is 0 Å². The third-order valence-electron chi connectivity index (χ3n) is 3.24. The summed E-state index contributed by atoms with van der Waals surface area (Å²) in [6, 6.07) is 5.74. The van der Waals surface area contributed by atoms with Crippen molar-refractivity contribution in [3.63, 3.8) is 0 Å². The second kappa shape index (κ2) is 4.75. The molecule has 1 N–H and O–H groups in total. The summed E-state index contributed by atoms with van der Waals surface area (Å²) in [4.78, 5) is 12.4. The zero-order chi connectivity index (χ0) is 13.3. The third-order valence-corrected chi connectivity index (χ3v) is 3.70. The Morgan fingerprint density at radius 1 is 1.72 bits per heavy atom. The van der Waals surface area contributed by atoms with Crippen LogP contribution < -0.4 is 4.81 Å². The fourth-order valence-corrected chi connectivity index (χ4v) is 2.79. The highest BCUT2D eigenvalue weighted by molar-refractivity contribution is 9.10. The zero-order valence-corrected chi connectivity index (χ0v) is 11.4. The molecule has 1 aliphatic rings. The third kappa shape index (κ3) is 1.94. The SMILES string of the molecule is CC1(CO)CN([B]C=O)c2c(C#N)cc(Br)cc21.